The van der Waals surface area contributed by atoms with Crippen LogP contribution in [-0.4, -0.2) is 9.78 Å². The van der Waals surface area contributed by atoms with E-state index in [-0.39, 0.29) is 6.04 Å². The molecule has 0 fully saturated rings. The van der Waals surface area contributed by atoms with Gasteiger partial charge in [0, 0.05) is 11.0 Å². The van der Waals surface area contributed by atoms with E-state index in [1.165, 1.54) is 0 Å². The number of aromatic nitrogens is 2. The zero-order chi connectivity index (χ0) is 14.0. The van der Waals surface area contributed by atoms with Crippen molar-refractivity contribution in [1.82, 2.24) is 9.78 Å². The molecular weight excluding hydrogens is 349 g/mol. The van der Waals surface area contributed by atoms with Gasteiger partial charge in [0.05, 0.1) is 28.0 Å². The van der Waals surface area contributed by atoms with Crippen LogP contribution in [0.15, 0.2) is 28.9 Å². The topological polar surface area (TPSA) is 43.8 Å². The molecular formula is C13H14BrCl2N3. The van der Waals surface area contributed by atoms with Crippen LogP contribution in [0.5, 0.6) is 0 Å². The molecule has 0 aliphatic carbocycles. The van der Waals surface area contributed by atoms with Crippen molar-refractivity contribution in [3.8, 4) is 0 Å². The highest BCUT2D eigenvalue weighted by atomic mass is 79.9. The van der Waals surface area contributed by atoms with Crippen LogP contribution in [0.2, 0.25) is 10.0 Å². The Kier molecular flexibility index (Phi) is 4.90. The van der Waals surface area contributed by atoms with Crippen molar-refractivity contribution in [1.29, 1.82) is 0 Å². The lowest BCUT2D eigenvalue weighted by Crippen LogP contribution is -2.18. The summed E-state index contributed by atoms with van der Waals surface area (Å²) in [5, 5.41) is 5.47. The van der Waals surface area contributed by atoms with Crippen molar-refractivity contribution in [2.24, 2.45) is 5.73 Å². The minimum Gasteiger partial charge on any atom is -0.319 e. The van der Waals surface area contributed by atoms with Gasteiger partial charge in [0.25, 0.3) is 0 Å². The largest absolute Gasteiger partial charge is 0.319 e. The average Bonchev–Trinajstić information content (AvgIpc) is 2.74. The number of aryl methyl sites for hydroxylation is 1. The molecule has 0 saturated heterocycles. The smallest absolute Gasteiger partial charge is 0.0837 e. The van der Waals surface area contributed by atoms with Crippen molar-refractivity contribution in [3.05, 3.63) is 50.2 Å². The maximum atomic E-state index is 6.29. The Morgan fingerprint density at radius 3 is 2.74 bits per heavy atom. The number of hydrogen-bond acceptors (Lipinski definition) is 2. The van der Waals surface area contributed by atoms with Gasteiger partial charge in [-0.25, -0.2) is 0 Å². The number of nitrogens with zero attached hydrogens (tertiary/aromatic N) is 2. The van der Waals surface area contributed by atoms with Gasteiger partial charge in [0.2, 0.25) is 0 Å². The van der Waals surface area contributed by atoms with Crippen molar-refractivity contribution < 1.29 is 0 Å². The first-order valence-corrected chi connectivity index (χ1v) is 7.51. The fraction of sp³-hybridized carbons (Fsp3) is 0.308. The average molecular weight is 363 g/mol. The molecule has 6 heteroatoms. The van der Waals surface area contributed by atoms with E-state index in [9.17, 15) is 0 Å². The summed E-state index contributed by atoms with van der Waals surface area (Å²) in [6.07, 6.45) is 2.60. The predicted octanol–water partition coefficient (Wildman–Crippen LogP) is 4.41. The maximum absolute atomic E-state index is 6.29. The zero-order valence-corrected chi connectivity index (χ0v) is 13.5. The van der Waals surface area contributed by atoms with Crippen LogP contribution < -0.4 is 5.73 Å². The molecule has 1 heterocycles. The third-order valence-corrected chi connectivity index (χ3v) is 4.39. The molecule has 0 aliphatic heterocycles. The fourth-order valence-electron chi connectivity index (χ4n) is 1.93. The Labute approximate surface area is 130 Å². The van der Waals surface area contributed by atoms with E-state index < -0.39 is 0 Å². The second-order valence-corrected chi connectivity index (χ2v) is 5.92. The highest BCUT2D eigenvalue weighted by molar-refractivity contribution is 9.10. The minimum atomic E-state index is -0.341. The first-order chi connectivity index (χ1) is 9.04. The molecule has 0 radical (unpaired) electrons. The molecule has 0 amide bonds. The van der Waals surface area contributed by atoms with E-state index in [2.05, 4.69) is 28.0 Å². The number of benzene rings is 1. The van der Waals surface area contributed by atoms with Gasteiger partial charge in [-0.15, -0.1) is 0 Å². The molecule has 0 saturated carbocycles. The number of halogens is 3. The van der Waals surface area contributed by atoms with E-state index in [0.29, 0.717) is 10.0 Å². The molecule has 102 valence electrons. The highest BCUT2D eigenvalue weighted by Gasteiger charge is 2.19. The highest BCUT2D eigenvalue weighted by Crippen LogP contribution is 2.30. The van der Waals surface area contributed by atoms with Crippen LogP contribution >= 0.6 is 39.1 Å². The molecule has 19 heavy (non-hydrogen) atoms. The summed E-state index contributed by atoms with van der Waals surface area (Å²) < 4.78 is 2.70. The Balaban J connectivity index is 2.40. The molecule has 1 unspecified atom stereocenters. The van der Waals surface area contributed by atoms with E-state index in [1.807, 2.05) is 22.9 Å². The van der Waals surface area contributed by atoms with E-state index in [1.54, 1.807) is 6.20 Å². The van der Waals surface area contributed by atoms with Crippen LogP contribution in [0.4, 0.5) is 0 Å². The SMILES string of the molecule is CCCn1ncc(Cl)c1C(N)c1ccc(Br)c(Cl)c1. The second kappa shape index (κ2) is 6.27. The molecule has 2 N–H and O–H groups in total. The van der Waals surface area contributed by atoms with Crippen molar-refractivity contribution in [3.63, 3.8) is 0 Å². The third kappa shape index (κ3) is 3.14. The molecule has 0 bridgehead atoms. The fourth-order valence-corrected chi connectivity index (χ4v) is 2.63. The Morgan fingerprint density at radius 2 is 2.11 bits per heavy atom. The summed E-state index contributed by atoms with van der Waals surface area (Å²) in [4.78, 5) is 0. The molecule has 3 nitrogen and oxygen atoms in total. The van der Waals surface area contributed by atoms with Gasteiger partial charge in [-0.05, 0) is 40.0 Å². The van der Waals surface area contributed by atoms with Gasteiger partial charge in [0.15, 0.2) is 0 Å². The lowest BCUT2D eigenvalue weighted by atomic mass is 10.0. The molecule has 0 spiro atoms. The van der Waals surface area contributed by atoms with Gasteiger partial charge in [-0.1, -0.05) is 36.2 Å². The maximum Gasteiger partial charge on any atom is 0.0837 e. The van der Waals surface area contributed by atoms with E-state index in [4.69, 9.17) is 28.9 Å². The minimum absolute atomic E-state index is 0.341. The zero-order valence-electron chi connectivity index (χ0n) is 10.4. The standard InChI is InChI=1S/C13H14BrCl2N3/c1-2-5-19-13(11(16)7-18-19)12(17)8-3-4-9(14)10(15)6-8/h3-4,6-7,12H,2,5,17H2,1H3. The molecule has 2 rings (SSSR count). The van der Waals surface area contributed by atoms with Crippen LogP contribution in [0.1, 0.15) is 30.6 Å². The molecule has 1 atom stereocenters. The predicted molar refractivity (Wildman–Crippen MR) is 82.7 cm³/mol. The Bertz CT molecular complexity index is 583. The Hall–Kier alpha value is -0.550. The second-order valence-electron chi connectivity index (χ2n) is 4.25. The number of nitrogens with two attached hydrogens (primary N) is 1. The number of hydrogen-bond donors (Lipinski definition) is 1. The van der Waals surface area contributed by atoms with Crippen molar-refractivity contribution >= 4 is 39.1 Å². The normalized spacial score (nSPS) is 12.7. The molecule has 1 aromatic heterocycles. The van der Waals surface area contributed by atoms with Gasteiger partial charge >= 0.3 is 0 Å². The van der Waals surface area contributed by atoms with Crippen molar-refractivity contribution in [2.75, 3.05) is 0 Å². The van der Waals surface area contributed by atoms with Crippen LogP contribution in [0.25, 0.3) is 0 Å². The third-order valence-electron chi connectivity index (χ3n) is 2.87. The van der Waals surface area contributed by atoms with E-state index in [0.717, 1.165) is 28.7 Å². The quantitative estimate of drug-likeness (QED) is 0.875. The molecule has 2 aromatic rings. The number of rotatable bonds is 4. The summed E-state index contributed by atoms with van der Waals surface area (Å²) in [6.45, 7) is 2.88. The first kappa shape index (κ1) is 14.9. The monoisotopic (exact) mass is 361 g/mol. The van der Waals surface area contributed by atoms with Gasteiger partial charge in [-0.2, -0.15) is 5.10 Å². The lowest BCUT2D eigenvalue weighted by Gasteiger charge is -2.15. The molecule has 1 aromatic carbocycles. The summed E-state index contributed by atoms with van der Waals surface area (Å²) in [5.74, 6) is 0. The molecule has 0 aliphatic rings. The summed E-state index contributed by atoms with van der Waals surface area (Å²) in [7, 11) is 0. The first-order valence-electron chi connectivity index (χ1n) is 5.96. The summed E-state index contributed by atoms with van der Waals surface area (Å²) in [5.41, 5.74) is 8.02. The van der Waals surface area contributed by atoms with Crippen molar-refractivity contribution in [2.45, 2.75) is 25.9 Å². The summed E-state index contributed by atoms with van der Waals surface area (Å²) >= 11 is 15.7. The summed E-state index contributed by atoms with van der Waals surface area (Å²) in [6, 6.07) is 5.31. The van der Waals surface area contributed by atoms with E-state index >= 15 is 0 Å². The van der Waals surface area contributed by atoms with Crippen LogP contribution in [0.3, 0.4) is 0 Å². The van der Waals surface area contributed by atoms with Crippen LogP contribution in [-0.2, 0) is 6.54 Å². The van der Waals surface area contributed by atoms with Gasteiger partial charge in [-0.3, -0.25) is 4.68 Å². The van der Waals surface area contributed by atoms with Gasteiger partial charge in [0.1, 0.15) is 0 Å². The lowest BCUT2D eigenvalue weighted by molar-refractivity contribution is 0.560. The van der Waals surface area contributed by atoms with Crippen LogP contribution in [0, 0.1) is 0 Å². The van der Waals surface area contributed by atoms with Gasteiger partial charge < -0.3 is 5.73 Å². The Morgan fingerprint density at radius 1 is 1.37 bits per heavy atom.